The summed E-state index contributed by atoms with van der Waals surface area (Å²) >= 11 is 0. The number of fused-ring (bicyclic) bond motifs is 1. The Morgan fingerprint density at radius 2 is 2.05 bits per heavy atom. The van der Waals surface area contributed by atoms with E-state index in [-0.39, 0.29) is 11.8 Å². The number of benzene rings is 1. The van der Waals surface area contributed by atoms with E-state index in [1.165, 1.54) is 0 Å². The largest absolute Gasteiger partial charge is 0.361 e. The van der Waals surface area contributed by atoms with Crippen molar-refractivity contribution in [3.05, 3.63) is 36.0 Å². The van der Waals surface area contributed by atoms with E-state index in [1.807, 2.05) is 25.1 Å². The van der Waals surface area contributed by atoms with E-state index >= 15 is 0 Å². The third-order valence-electron chi connectivity index (χ3n) is 2.84. The molecule has 0 bridgehead atoms. The first-order valence-electron chi connectivity index (χ1n) is 6.33. The fraction of sp³-hybridized carbons (Fsp3) is 0.286. The zero-order valence-corrected chi connectivity index (χ0v) is 10.8. The Morgan fingerprint density at radius 1 is 1.21 bits per heavy atom. The molecule has 0 saturated heterocycles. The van der Waals surface area contributed by atoms with Crippen molar-refractivity contribution >= 4 is 22.7 Å². The molecule has 1 aromatic carbocycles. The average molecular weight is 259 g/mol. The highest BCUT2D eigenvalue weighted by Crippen LogP contribution is 2.16. The zero-order valence-electron chi connectivity index (χ0n) is 10.8. The minimum atomic E-state index is -0.169. The molecule has 0 aliphatic carbocycles. The Morgan fingerprint density at radius 3 is 2.84 bits per heavy atom. The van der Waals surface area contributed by atoms with Gasteiger partial charge in [0.1, 0.15) is 0 Å². The zero-order chi connectivity index (χ0) is 13.7. The molecule has 100 valence electrons. The second-order valence-corrected chi connectivity index (χ2v) is 4.21. The van der Waals surface area contributed by atoms with Crippen molar-refractivity contribution in [2.24, 2.45) is 0 Å². The van der Waals surface area contributed by atoms with Gasteiger partial charge in [-0.05, 0) is 19.1 Å². The summed E-state index contributed by atoms with van der Waals surface area (Å²) in [7, 11) is 0. The van der Waals surface area contributed by atoms with Gasteiger partial charge in [0, 0.05) is 31.1 Å². The Labute approximate surface area is 111 Å². The van der Waals surface area contributed by atoms with Crippen LogP contribution in [0.2, 0.25) is 0 Å². The van der Waals surface area contributed by atoms with Crippen LogP contribution in [0.15, 0.2) is 30.5 Å². The standard InChI is InChI=1S/C14H17N3O2/c1-2-15-12(18)7-9-17-14(19)11-5-3-4-10-6-8-16-13(10)11/h3-6,8,16H,2,7,9H2,1H3,(H,15,18)(H,17,19). The molecular weight excluding hydrogens is 242 g/mol. The van der Waals surface area contributed by atoms with Crippen molar-refractivity contribution in [2.45, 2.75) is 13.3 Å². The van der Waals surface area contributed by atoms with Gasteiger partial charge in [-0.1, -0.05) is 12.1 Å². The SMILES string of the molecule is CCNC(=O)CCNC(=O)c1cccc2cc[nH]c12. The third-order valence-corrected chi connectivity index (χ3v) is 2.84. The van der Waals surface area contributed by atoms with Crippen LogP contribution in [0, 0.1) is 0 Å². The lowest BCUT2D eigenvalue weighted by atomic mass is 10.1. The quantitative estimate of drug-likeness (QED) is 0.759. The monoisotopic (exact) mass is 259 g/mol. The molecule has 0 aliphatic heterocycles. The van der Waals surface area contributed by atoms with Crippen LogP contribution in [-0.4, -0.2) is 29.9 Å². The molecule has 19 heavy (non-hydrogen) atoms. The van der Waals surface area contributed by atoms with Crippen LogP contribution < -0.4 is 10.6 Å². The number of hydrogen-bond acceptors (Lipinski definition) is 2. The van der Waals surface area contributed by atoms with Gasteiger partial charge in [-0.25, -0.2) is 0 Å². The highest BCUT2D eigenvalue weighted by atomic mass is 16.2. The number of aromatic nitrogens is 1. The Hall–Kier alpha value is -2.30. The van der Waals surface area contributed by atoms with Gasteiger partial charge in [0.05, 0.1) is 11.1 Å². The van der Waals surface area contributed by atoms with Crippen molar-refractivity contribution < 1.29 is 9.59 Å². The van der Waals surface area contributed by atoms with Crippen LogP contribution in [0.1, 0.15) is 23.7 Å². The predicted molar refractivity (Wildman–Crippen MR) is 73.9 cm³/mol. The van der Waals surface area contributed by atoms with Crippen LogP contribution in [0.25, 0.3) is 10.9 Å². The molecule has 0 fully saturated rings. The number of amides is 2. The van der Waals surface area contributed by atoms with Gasteiger partial charge in [0.15, 0.2) is 0 Å². The molecule has 2 aromatic rings. The number of hydrogen-bond donors (Lipinski definition) is 3. The third kappa shape index (κ3) is 3.13. The molecule has 0 unspecified atom stereocenters. The van der Waals surface area contributed by atoms with E-state index in [1.54, 1.807) is 12.3 Å². The number of H-pyrrole nitrogens is 1. The lowest BCUT2D eigenvalue weighted by Gasteiger charge is -2.06. The summed E-state index contributed by atoms with van der Waals surface area (Å²) in [5.41, 5.74) is 1.41. The van der Waals surface area contributed by atoms with Gasteiger partial charge in [-0.3, -0.25) is 9.59 Å². The topological polar surface area (TPSA) is 74.0 Å². The van der Waals surface area contributed by atoms with Crippen LogP contribution in [0.4, 0.5) is 0 Å². The lowest BCUT2D eigenvalue weighted by Crippen LogP contribution is -2.30. The molecule has 5 heteroatoms. The van der Waals surface area contributed by atoms with Crippen molar-refractivity contribution in [1.82, 2.24) is 15.6 Å². The summed E-state index contributed by atoms with van der Waals surface area (Å²) in [6.45, 7) is 2.80. The molecule has 1 heterocycles. The minimum Gasteiger partial charge on any atom is -0.361 e. The molecular formula is C14H17N3O2. The number of carbonyl (C=O) groups excluding carboxylic acids is 2. The van der Waals surface area contributed by atoms with Gasteiger partial charge in [-0.2, -0.15) is 0 Å². The highest BCUT2D eigenvalue weighted by Gasteiger charge is 2.10. The maximum Gasteiger partial charge on any atom is 0.253 e. The average Bonchev–Trinajstić information content (AvgIpc) is 2.86. The van der Waals surface area contributed by atoms with Gasteiger partial charge in [0.2, 0.25) is 5.91 Å². The fourth-order valence-electron chi connectivity index (χ4n) is 1.94. The Bertz CT molecular complexity index is 589. The van der Waals surface area contributed by atoms with E-state index < -0.39 is 0 Å². The summed E-state index contributed by atoms with van der Waals surface area (Å²) in [4.78, 5) is 26.3. The molecule has 2 rings (SSSR count). The molecule has 3 N–H and O–H groups in total. The maximum atomic E-state index is 12.0. The first kappa shape index (κ1) is 13.1. The molecule has 2 amide bonds. The summed E-state index contributed by atoms with van der Waals surface area (Å²) in [6, 6.07) is 7.47. The summed E-state index contributed by atoms with van der Waals surface area (Å²) in [6.07, 6.45) is 2.09. The maximum absolute atomic E-state index is 12.0. The van der Waals surface area contributed by atoms with Crippen molar-refractivity contribution in [1.29, 1.82) is 0 Å². The smallest absolute Gasteiger partial charge is 0.253 e. The first-order valence-corrected chi connectivity index (χ1v) is 6.33. The predicted octanol–water partition coefficient (Wildman–Crippen LogP) is 1.42. The van der Waals surface area contributed by atoms with Gasteiger partial charge in [0.25, 0.3) is 5.91 Å². The molecule has 0 saturated carbocycles. The van der Waals surface area contributed by atoms with Gasteiger partial charge >= 0.3 is 0 Å². The first-order chi connectivity index (χ1) is 9.22. The second kappa shape index (κ2) is 6.04. The van der Waals surface area contributed by atoms with Crippen LogP contribution >= 0.6 is 0 Å². The molecule has 0 aliphatic rings. The molecule has 1 aromatic heterocycles. The van der Waals surface area contributed by atoms with Crippen LogP contribution in [0.3, 0.4) is 0 Å². The molecule has 0 atom stereocenters. The summed E-state index contributed by atoms with van der Waals surface area (Å²) in [5.74, 6) is -0.224. The number of carbonyl (C=O) groups is 2. The Kier molecular flexibility index (Phi) is 4.18. The second-order valence-electron chi connectivity index (χ2n) is 4.21. The highest BCUT2D eigenvalue weighted by molar-refractivity contribution is 6.05. The summed E-state index contributed by atoms with van der Waals surface area (Å²) in [5, 5.41) is 6.44. The lowest BCUT2D eigenvalue weighted by molar-refractivity contribution is -0.120. The summed E-state index contributed by atoms with van der Waals surface area (Å²) < 4.78 is 0. The van der Waals surface area contributed by atoms with E-state index in [0.717, 1.165) is 10.9 Å². The fourth-order valence-corrected chi connectivity index (χ4v) is 1.94. The van der Waals surface area contributed by atoms with Gasteiger partial charge in [-0.15, -0.1) is 0 Å². The normalized spacial score (nSPS) is 10.4. The molecule has 0 radical (unpaired) electrons. The molecule has 5 nitrogen and oxygen atoms in total. The minimum absolute atomic E-state index is 0.0547. The van der Waals surface area contributed by atoms with Crippen molar-refractivity contribution in [3.63, 3.8) is 0 Å². The number of nitrogens with one attached hydrogen (secondary N) is 3. The van der Waals surface area contributed by atoms with Crippen LogP contribution in [0.5, 0.6) is 0 Å². The van der Waals surface area contributed by atoms with E-state index in [4.69, 9.17) is 0 Å². The van der Waals surface area contributed by atoms with E-state index in [9.17, 15) is 9.59 Å². The number of aromatic amines is 1. The Balaban J connectivity index is 1.97. The van der Waals surface area contributed by atoms with Crippen molar-refractivity contribution in [2.75, 3.05) is 13.1 Å². The van der Waals surface area contributed by atoms with Gasteiger partial charge < -0.3 is 15.6 Å². The van der Waals surface area contributed by atoms with E-state index in [2.05, 4.69) is 15.6 Å². The number of para-hydroxylation sites is 1. The van der Waals surface area contributed by atoms with Crippen LogP contribution in [-0.2, 0) is 4.79 Å². The number of rotatable bonds is 5. The molecule has 0 spiro atoms. The van der Waals surface area contributed by atoms with E-state index in [0.29, 0.717) is 25.1 Å². The van der Waals surface area contributed by atoms with Crippen molar-refractivity contribution in [3.8, 4) is 0 Å².